The Hall–Kier alpha value is -2.59. The van der Waals surface area contributed by atoms with Crippen LogP contribution in [-0.4, -0.2) is 15.7 Å². The molecule has 1 aromatic heterocycles. The molecule has 0 unspecified atom stereocenters. The lowest BCUT2D eigenvalue weighted by Crippen LogP contribution is -2.24. The molecule has 1 N–H and O–H groups in total. The maximum absolute atomic E-state index is 12.2. The first-order valence-corrected chi connectivity index (χ1v) is 7.63. The van der Waals surface area contributed by atoms with Gasteiger partial charge in [0.25, 0.3) is 5.91 Å². The van der Waals surface area contributed by atoms with Crippen molar-refractivity contribution in [2.75, 3.05) is 0 Å². The van der Waals surface area contributed by atoms with E-state index in [4.69, 9.17) is 11.6 Å². The third-order valence-corrected chi connectivity index (χ3v) is 4.00. The van der Waals surface area contributed by atoms with Gasteiger partial charge in [0.2, 0.25) is 0 Å². The van der Waals surface area contributed by atoms with Crippen molar-refractivity contribution in [2.45, 2.75) is 6.54 Å². The summed E-state index contributed by atoms with van der Waals surface area (Å²) in [6, 6.07) is 17.6. The van der Waals surface area contributed by atoms with Crippen LogP contribution >= 0.6 is 11.6 Å². The third kappa shape index (κ3) is 3.43. The lowest BCUT2D eigenvalue weighted by atomic mass is 10.0. The van der Waals surface area contributed by atoms with Gasteiger partial charge in [-0.15, -0.1) is 0 Å². The van der Waals surface area contributed by atoms with Crippen LogP contribution in [-0.2, 0) is 13.6 Å². The number of nitrogens with one attached hydrogen (secondary N) is 1. The highest BCUT2D eigenvalue weighted by Gasteiger charge is 2.10. The molecule has 4 nitrogen and oxygen atoms in total. The maximum atomic E-state index is 12.2. The van der Waals surface area contributed by atoms with Crippen LogP contribution < -0.4 is 5.32 Å². The monoisotopic (exact) mass is 325 g/mol. The Labute approximate surface area is 139 Å². The fourth-order valence-electron chi connectivity index (χ4n) is 2.35. The summed E-state index contributed by atoms with van der Waals surface area (Å²) in [6.45, 7) is 0.342. The Morgan fingerprint density at radius 2 is 1.74 bits per heavy atom. The van der Waals surface area contributed by atoms with Gasteiger partial charge in [0, 0.05) is 12.6 Å². The summed E-state index contributed by atoms with van der Waals surface area (Å²) in [5, 5.41) is 7.45. The first kappa shape index (κ1) is 15.3. The van der Waals surface area contributed by atoms with E-state index in [1.54, 1.807) is 17.9 Å². The molecule has 0 aliphatic rings. The molecule has 116 valence electrons. The molecule has 0 saturated heterocycles. The van der Waals surface area contributed by atoms with E-state index in [9.17, 15) is 4.79 Å². The maximum Gasteiger partial charge on any atom is 0.251 e. The van der Waals surface area contributed by atoms with E-state index in [0.29, 0.717) is 17.1 Å². The Morgan fingerprint density at radius 1 is 1.09 bits per heavy atom. The zero-order valence-corrected chi connectivity index (χ0v) is 13.4. The first-order valence-electron chi connectivity index (χ1n) is 7.25. The van der Waals surface area contributed by atoms with Gasteiger partial charge >= 0.3 is 0 Å². The molecule has 3 aromatic rings. The normalized spacial score (nSPS) is 10.5. The average molecular weight is 326 g/mol. The molecule has 0 saturated carbocycles. The van der Waals surface area contributed by atoms with Crippen molar-refractivity contribution in [3.63, 3.8) is 0 Å². The Balaban J connectivity index is 1.69. The molecule has 0 aliphatic carbocycles. The third-order valence-electron chi connectivity index (χ3n) is 3.68. The largest absolute Gasteiger partial charge is 0.346 e. The molecule has 0 radical (unpaired) electrons. The van der Waals surface area contributed by atoms with Crippen LogP contribution in [0, 0.1) is 0 Å². The number of hydrogen-bond acceptors (Lipinski definition) is 2. The van der Waals surface area contributed by atoms with E-state index in [-0.39, 0.29) is 5.91 Å². The van der Waals surface area contributed by atoms with Crippen molar-refractivity contribution in [1.29, 1.82) is 0 Å². The second-order valence-electron chi connectivity index (χ2n) is 5.19. The highest BCUT2D eigenvalue weighted by Crippen LogP contribution is 2.19. The van der Waals surface area contributed by atoms with Crippen molar-refractivity contribution in [3.8, 4) is 11.1 Å². The quantitative estimate of drug-likeness (QED) is 0.795. The number of rotatable bonds is 4. The van der Waals surface area contributed by atoms with Crippen LogP contribution in [0.5, 0.6) is 0 Å². The van der Waals surface area contributed by atoms with E-state index < -0.39 is 0 Å². The van der Waals surface area contributed by atoms with Crippen molar-refractivity contribution < 1.29 is 4.79 Å². The predicted octanol–water partition coefficient (Wildman–Crippen LogP) is 3.67. The Kier molecular flexibility index (Phi) is 4.44. The number of amides is 1. The van der Waals surface area contributed by atoms with Crippen molar-refractivity contribution in [3.05, 3.63) is 77.1 Å². The Bertz CT molecular complexity index is 791. The molecule has 1 amide bonds. The van der Waals surface area contributed by atoms with Gasteiger partial charge in [0.1, 0.15) is 0 Å². The fraction of sp³-hybridized carbons (Fsp3) is 0.111. The molecule has 0 atom stereocenters. The van der Waals surface area contributed by atoms with Crippen molar-refractivity contribution >= 4 is 17.5 Å². The molecular weight excluding hydrogens is 310 g/mol. The Morgan fingerprint density at radius 3 is 2.35 bits per heavy atom. The molecule has 0 spiro atoms. The van der Waals surface area contributed by atoms with E-state index in [1.165, 1.54) is 0 Å². The zero-order chi connectivity index (χ0) is 16.2. The highest BCUT2D eigenvalue weighted by atomic mass is 35.5. The molecule has 3 rings (SSSR count). The predicted molar refractivity (Wildman–Crippen MR) is 91.3 cm³/mol. The van der Waals surface area contributed by atoms with E-state index in [0.717, 1.165) is 16.8 Å². The molecule has 0 aliphatic heterocycles. The number of hydrogen-bond donors (Lipinski definition) is 1. The topological polar surface area (TPSA) is 46.9 Å². The van der Waals surface area contributed by atoms with Crippen LogP contribution in [0.2, 0.25) is 5.02 Å². The number of carbonyl (C=O) groups is 1. The number of aryl methyl sites for hydroxylation is 1. The molecule has 2 aromatic carbocycles. The number of carbonyl (C=O) groups excluding carboxylic acids is 1. The fourth-order valence-corrected chi connectivity index (χ4v) is 2.58. The second-order valence-corrected chi connectivity index (χ2v) is 5.60. The highest BCUT2D eigenvalue weighted by molar-refractivity contribution is 6.31. The minimum Gasteiger partial charge on any atom is -0.346 e. The summed E-state index contributed by atoms with van der Waals surface area (Å²) >= 11 is 6.03. The van der Waals surface area contributed by atoms with Crippen LogP contribution in [0.1, 0.15) is 16.1 Å². The number of nitrogens with zero attached hydrogens (tertiary/aromatic N) is 2. The lowest BCUT2D eigenvalue weighted by molar-refractivity contribution is 0.0950. The van der Waals surface area contributed by atoms with Crippen LogP contribution in [0.4, 0.5) is 0 Å². The smallest absolute Gasteiger partial charge is 0.251 e. The minimum atomic E-state index is -0.137. The van der Waals surface area contributed by atoms with Gasteiger partial charge in [0.15, 0.2) is 0 Å². The molecule has 23 heavy (non-hydrogen) atoms. The van der Waals surface area contributed by atoms with Gasteiger partial charge < -0.3 is 5.32 Å². The number of aromatic nitrogens is 2. The van der Waals surface area contributed by atoms with Gasteiger partial charge in [-0.2, -0.15) is 5.10 Å². The van der Waals surface area contributed by atoms with E-state index in [2.05, 4.69) is 10.4 Å². The average Bonchev–Trinajstić information content (AvgIpc) is 2.92. The van der Waals surface area contributed by atoms with Crippen molar-refractivity contribution in [1.82, 2.24) is 15.1 Å². The van der Waals surface area contributed by atoms with Gasteiger partial charge in [-0.3, -0.25) is 9.48 Å². The first-order chi connectivity index (χ1) is 11.1. The van der Waals surface area contributed by atoms with Crippen LogP contribution in [0.25, 0.3) is 11.1 Å². The zero-order valence-electron chi connectivity index (χ0n) is 12.7. The summed E-state index contributed by atoms with van der Waals surface area (Å²) in [4.78, 5) is 12.2. The number of halogens is 1. The summed E-state index contributed by atoms with van der Waals surface area (Å²) in [7, 11) is 1.79. The number of benzene rings is 2. The van der Waals surface area contributed by atoms with E-state index >= 15 is 0 Å². The van der Waals surface area contributed by atoms with Crippen LogP contribution in [0.15, 0.2) is 60.8 Å². The molecule has 0 fully saturated rings. The second kappa shape index (κ2) is 6.67. The summed E-state index contributed by atoms with van der Waals surface area (Å²) in [6.07, 6.45) is 1.57. The van der Waals surface area contributed by atoms with Gasteiger partial charge in [-0.05, 0) is 23.3 Å². The van der Waals surface area contributed by atoms with Gasteiger partial charge in [-0.25, -0.2) is 0 Å². The standard InChI is InChI=1S/C18H16ClN3O/c1-22-17(16(19)11-21-22)12-20-18(23)15-9-7-14(8-10-15)13-5-3-2-4-6-13/h2-11H,12H2,1H3,(H,20,23). The van der Waals surface area contributed by atoms with Crippen molar-refractivity contribution in [2.24, 2.45) is 7.05 Å². The molecule has 5 heteroatoms. The molecule has 0 bridgehead atoms. The minimum absolute atomic E-state index is 0.137. The van der Waals surface area contributed by atoms with Gasteiger partial charge in [-0.1, -0.05) is 54.1 Å². The summed E-state index contributed by atoms with van der Waals surface area (Å²) < 4.78 is 1.65. The SMILES string of the molecule is Cn1ncc(Cl)c1CNC(=O)c1ccc(-c2ccccc2)cc1. The lowest BCUT2D eigenvalue weighted by Gasteiger charge is -2.07. The van der Waals surface area contributed by atoms with Gasteiger partial charge in [0.05, 0.1) is 23.5 Å². The summed E-state index contributed by atoms with van der Waals surface area (Å²) in [5.74, 6) is -0.137. The molecule has 1 heterocycles. The van der Waals surface area contributed by atoms with E-state index in [1.807, 2.05) is 54.6 Å². The van der Waals surface area contributed by atoms with Crippen LogP contribution in [0.3, 0.4) is 0 Å². The molecular formula is C18H16ClN3O. The summed E-state index contributed by atoms with van der Waals surface area (Å²) in [5.41, 5.74) is 3.60.